The first-order valence-electron chi connectivity index (χ1n) is 7.02. The summed E-state index contributed by atoms with van der Waals surface area (Å²) in [6.45, 7) is 3.04. The molecule has 0 bridgehead atoms. The average molecular weight is 438 g/mol. The highest BCUT2D eigenvalue weighted by Crippen LogP contribution is 2.17. The lowest BCUT2D eigenvalue weighted by atomic mass is 10.2. The van der Waals surface area contributed by atoms with Crippen LogP contribution in [0, 0.1) is 5.82 Å². The van der Waals surface area contributed by atoms with E-state index in [4.69, 9.17) is 4.74 Å². The van der Waals surface area contributed by atoms with Crippen LogP contribution in [0.2, 0.25) is 0 Å². The molecule has 1 aromatic rings. The molecule has 2 N–H and O–H groups in total. The number of ether oxygens (including phenoxy) is 1. The minimum absolute atomic E-state index is 0. The van der Waals surface area contributed by atoms with Gasteiger partial charge in [0.05, 0.1) is 20.2 Å². The summed E-state index contributed by atoms with van der Waals surface area (Å²) in [5.74, 6) is 0.236. The average Bonchev–Trinajstić information content (AvgIpc) is 2.49. The molecule has 1 rings (SSSR count). The van der Waals surface area contributed by atoms with Gasteiger partial charge in [0, 0.05) is 20.6 Å². The van der Waals surface area contributed by atoms with Gasteiger partial charge >= 0.3 is 0 Å². The number of carbonyl (C=O) groups excluding carboxylic acids is 1. The molecule has 0 saturated carbocycles. The van der Waals surface area contributed by atoms with Crippen molar-refractivity contribution >= 4 is 35.8 Å². The number of rotatable bonds is 6. The zero-order chi connectivity index (χ0) is 16.5. The van der Waals surface area contributed by atoms with Gasteiger partial charge in [-0.25, -0.2) is 9.38 Å². The molecule has 0 aromatic heterocycles. The number of aliphatic imine (C=N–C) groups is 1. The molecule has 6 nitrogen and oxygen atoms in total. The maximum absolute atomic E-state index is 13.6. The highest BCUT2D eigenvalue weighted by atomic mass is 127. The van der Waals surface area contributed by atoms with Gasteiger partial charge in [0.2, 0.25) is 5.91 Å². The van der Waals surface area contributed by atoms with E-state index in [1.54, 1.807) is 26.2 Å². The number of guanidine groups is 1. The van der Waals surface area contributed by atoms with Crippen molar-refractivity contribution in [1.82, 2.24) is 15.5 Å². The van der Waals surface area contributed by atoms with Crippen molar-refractivity contribution in [1.29, 1.82) is 0 Å². The second-order valence-electron chi connectivity index (χ2n) is 4.81. The van der Waals surface area contributed by atoms with E-state index in [1.807, 2.05) is 6.92 Å². The molecule has 8 heteroatoms. The van der Waals surface area contributed by atoms with E-state index in [-0.39, 0.29) is 42.2 Å². The summed E-state index contributed by atoms with van der Waals surface area (Å²) >= 11 is 0. The standard InChI is InChI=1S/C15H23FN4O2.HI/c1-5-17-15(19-10-14(21)20(2)3)18-9-11-6-7-13(22-4)12(16)8-11;/h6-8H,5,9-10H2,1-4H3,(H2,17,18,19);1H. The van der Waals surface area contributed by atoms with E-state index in [0.717, 1.165) is 5.56 Å². The number of likely N-dealkylation sites (N-methyl/N-ethyl adjacent to an activating group) is 1. The van der Waals surface area contributed by atoms with E-state index >= 15 is 0 Å². The summed E-state index contributed by atoms with van der Waals surface area (Å²) in [5, 5.41) is 5.97. The number of methoxy groups -OCH3 is 1. The van der Waals surface area contributed by atoms with Gasteiger partial charge in [0.25, 0.3) is 0 Å². The Hall–Kier alpha value is -1.58. The maximum Gasteiger partial charge on any atom is 0.241 e. The minimum atomic E-state index is -0.420. The first kappa shape index (κ1) is 21.4. The van der Waals surface area contributed by atoms with Gasteiger partial charge < -0.3 is 20.3 Å². The van der Waals surface area contributed by atoms with Gasteiger partial charge in [-0.15, -0.1) is 24.0 Å². The van der Waals surface area contributed by atoms with Gasteiger partial charge in [-0.3, -0.25) is 4.79 Å². The Balaban J connectivity index is 0.00000484. The number of nitrogens with one attached hydrogen (secondary N) is 2. The fraction of sp³-hybridized carbons (Fsp3) is 0.467. The Labute approximate surface area is 153 Å². The second-order valence-corrected chi connectivity index (χ2v) is 4.81. The van der Waals surface area contributed by atoms with Crippen LogP contribution < -0.4 is 15.4 Å². The molecule has 0 fully saturated rings. The molecule has 0 aliphatic rings. The summed E-state index contributed by atoms with van der Waals surface area (Å²) < 4.78 is 18.5. The van der Waals surface area contributed by atoms with E-state index < -0.39 is 5.82 Å². The van der Waals surface area contributed by atoms with Crippen LogP contribution in [0.15, 0.2) is 23.2 Å². The lowest BCUT2D eigenvalue weighted by Crippen LogP contribution is -2.42. The fourth-order valence-corrected chi connectivity index (χ4v) is 1.64. The summed E-state index contributed by atoms with van der Waals surface area (Å²) in [6, 6.07) is 4.70. The van der Waals surface area contributed by atoms with E-state index in [0.29, 0.717) is 19.0 Å². The lowest BCUT2D eigenvalue weighted by molar-refractivity contribution is -0.127. The first-order chi connectivity index (χ1) is 10.5. The van der Waals surface area contributed by atoms with Crippen molar-refractivity contribution in [2.45, 2.75) is 13.5 Å². The molecule has 0 aliphatic carbocycles. The molecule has 0 saturated heterocycles. The molecule has 130 valence electrons. The summed E-state index contributed by atoms with van der Waals surface area (Å²) in [5.41, 5.74) is 0.717. The molecule has 0 aliphatic heterocycles. The molecular formula is C15H24FIN4O2. The van der Waals surface area contributed by atoms with Crippen LogP contribution in [0.3, 0.4) is 0 Å². The van der Waals surface area contributed by atoms with Crippen LogP contribution in [0.5, 0.6) is 5.75 Å². The fourth-order valence-electron chi connectivity index (χ4n) is 1.64. The third-order valence-electron chi connectivity index (χ3n) is 2.89. The lowest BCUT2D eigenvalue weighted by Gasteiger charge is -2.14. The van der Waals surface area contributed by atoms with Crippen LogP contribution in [0.4, 0.5) is 4.39 Å². The van der Waals surface area contributed by atoms with Crippen LogP contribution in [0.1, 0.15) is 12.5 Å². The quantitative estimate of drug-likeness (QED) is 0.403. The highest BCUT2D eigenvalue weighted by Gasteiger charge is 2.06. The number of nitrogens with zero attached hydrogens (tertiary/aromatic N) is 2. The number of hydrogen-bond acceptors (Lipinski definition) is 3. The summed E-state index contributed by atoms with van der Waals surface area (Å²) in [4.78, 5) is 17.4. The molecule has 23 heavy (non-hydrogen) atoms. The SMILES string of the molecule is CCNC(=NCc1ccc(OC)c(F)c1)NCC(=O)N(C)C.I. The van der Waals surface area contributed by atoms with Crippen LogP contribution in [0.25, 0.3) is 0 Å². The maximum atomic E-state index is 13.6. The Bertz CT molecular complexity index is 538. The monoisotopic (exact) mass is 438 g/mol. The predicted octanol–water partition coefficient (Wildman–Crippen LogP) is 1.60. The molecule has 1 amide bonds. The van der Waals surface area contributed by atoms with Crippen molar-refractivity contribution in [3.05, 3.63) is 29.6 Å². The second kappa shape index (κ2) is 11.0. The largest absolute Gasteiger partial charge is 0.494 e. The third-order valence-corrected chi connectivity index (χ3v) is 2.89. The molecule has 0 heterocycles. The number of benzene rings is 1. The predicted molar refractivity (Wildman–Crippen MR) is 99.9 cm³/mol. The Kier molecular flexibility index (Phi) is 10.3. The molecular weight excluding hydrogens is 414 g/mol. The van der Waals surface area contributed by atoms with Crippen LogP contribution in [-0.2, 0) is 11.3 Å². The van der Waals surface area contributed by atoms with Crippen LogP contribution >= 0.6 is 24.0 Å². The number of carbonyl (C=O) groups is 1. The first-order valence-corrected chi connectivity index (χ1v) is 7.02. The van der Waals surface area contributed by atoms with Crippen molar-refractivity contribution in [2.75, 3.05) is 34.3 Å². The van der Waals surface area contributed by atoms with E-state index in [2.05, 4.69) is 15.6 Å². The van der Waals surface area contributed by atoms with Crippen molar-refractivity contribution in [3.63, 3.8) is 0 Å². The van der Waals surface area contributed by atoms with Crippen molar-refractivity contribution in [2.24, 2.45) is 4.99 Å². The Morgan fingerprint density at radius 1 is 1.35 bits per heavy atom. The summed E-state index contributed by atoms with van der Waals surface area (Å²) in [7, 11) is 4.80. The topological polar surface area (TPSA) is 66.0 Å². The van der Waals surface area contributed by atoms with E-state index in [9.17, 15) is 9.18 Å². The number of hydrogen-bond donors (Lipinski definition) is 2. The minimum Gasteiger partial charge on any atom is -0.494 e. The van der Waals surface area contributed by atoms with Crippen LogP contribution in [-0.4, -0.2) is 51.1 Å². The van der Waals surface area contributed by atoms with Gasteiger partial charge in [0.1, 0.15) is 0 Å². The van der Waals surface area contributed by atoms with Gasteiger partial charge in [-0.1, -0.05) is 6.07 Å². The van der Waals surface area contributed by atoms with Gasteiger partial charge in [-0.05, 0) is 24.6 Å². The molecule has 0 atom stereocenters. The zero-order valence-corrected chi connectivity index (χ0v) is 16.2. The number of halogens is 2. The number of amides is 1. The summed E-state index contributed by atoms with van der Waals surface area (Å²) in [6.07, 6.45) is 0. The Morgan fingerprint density at radius 2 is 2.04 bits per heavy atom. The molecule has 1 aromatic carbocycles. The Morgan fingerprint density at radius 3 is 2.57 bits per heavy atom. The third kappa shape index (κ3) is 7.49. The zero-order valence-electron chi connectivity index (χ0n) is 13.9. The molecule has 0 radical (unpaired) electrons. The molecule has 0 unspecified atom stereocenters. The van der Waals surface area contributed by atoms with E-state index in [1.165, 1.54) is 18.1 Å². The smallest absolute Gasteiger partial charge is 0.241 e. The van der Waals surface area contributed by atoms with Crippen molar-refractivity contribution in [3.8, 4) is 5.75 Å². The van der Waals surface area contributed by atoms with Crippen molar-refractivity contribution < 1.29 is 13.9 Å². The normalized spacial score (nSPS) is 10.6. The highest BCUT2D eigenvalue weighted by molar-refractivity contribution is 14.0. The van der Waals surface area contributed by atoms with Gasteiger partial charge in [-0.2, -0.15) is 0 Å². The molecule has 0 spiro atoms. The van der Waals surface area contributed by atoms with Gasteiger partial charge in [0.15, 0.2) is 17.5 Å².